The molecule has 0 N–H and O–H groups in total. The topological polar surface area (TPSA) is 0 Å². The highest BCUT2D eigenvalue weighted by atomic mass is 15.3. The van der Waals surface area contributed by atoms with E-state index < -0.39 is 0 Å². The molecule has 24 heavy (non-hydrogen) atoms. The van der Waals surface area contributed by atoms with Crippen LogP contribution in [0, 0.1) is 0 Å². The van der Waals surface area contributed by atoms with E-state index in [2.05, 4.69) is 33.4 Å². The molecule has 0 aromatic rings. The third-order valence-electron chi connectivity index (χ3n) is 5.47. The Kier molecular flexibility index (Phi) is 17.3. The van der Waals surface area contributed by atoms with Crippen LogP contribution in [-0.4, -0.2) is 30.7 Å². The first-order valence-corrected chi connectivity index (χ1v) is 11.2. The third kappa shape index (κ3) is 13.0. The summed E-state index contributed by atoms with van der Waals surface area (Å²) in [4.78, 5) is 0. The lowest BCUT2D eigenvalue weighted by molar-refractivity contribution is -0.923. The first kappa shape index (κ1) is 23.7. The lowest BCUT2D eigenvalue weighted by Gasteiger charge is -2.38. The van der Waals surface area contributed by atoms with E-state index in [4.69, 9.17) is 0 Å². The summed E-state index contributed by atoms with van der Waals surface area (Å²) in [6.07, 6.45) is 21.9. The zero-order valence-electron chi connectivity index (χ0n) is 17.5. The van der Waals surface area contributed by atoms with Crippen molar-refractivity contribution in [3.05, 3.63) is 12.7 Å². The van der Waals surface area contributed by atoms with Gasteiger partial charge in [-0.3, -0.25) is 0 Å². The molecule has 0 aromatic heterocycles. The summed E-state index contributed by atoms with van der Waals surface area (Å²) in [5, 5.41) is 0. The quantitative estimate of drug-likeness (QED) is 0.130. The summed E-state index contributed by atoms with van der Waals surface area (Å²) < 4.78 is 1.31. The molecule has 0 saturated carbocycles. The summed E-state index contributed by atoms with van der Waals surface area (Å²) in [5.41, 5.74) is 0. The van der Waals surface area contributed by atoms with Gasteiger partial charge in [0, 0.05) is 0 Å². The van der Waals surface area contributed by atoms with Gasteiger partial charge in [-0.25, -0.2) is 0 Å². The zero-order chi connectivity index (χ0) is 17.9. The Morgan fingerprint density at radius 2 is 0.917 bits per heavy atom. The third-order valence-corrected chi connectivity index (χ3v) is 5.47. The van der Waals surface area contributed by atoms with Crippen LogP contribution >= 0.6 is 0 Å². The Bertz CT molecular complexity index is 251. The van der Waals surface area contributed by atoms with Gasteiger partial charge < -0.3 is 4.48 Å². The average Bonchev–Trinajstić information content (AvgIpc) is 2.60. The smallest absolute Gasteiger partial charge is 0.0971 e. The summed E-state index contributed by atoms with van der Waals surface area (Å²) in [6, 6.07) is 0. The van der Waals surface area contributed by atoms with E-state index in [1.54, 1.807) is 0 Å². The molecule has 0 heterocycles. The van der Waals surface area contributed by atoms with E-state index in [-0.39, 0.29) is 0 Å². The molecular formula is C23H48N+. The molecule has 0 radical (unpaired) electrons. The molecule has 0 bridgehead atoms. The number of nitrogens with zero attached hydrogens (tertiary/aromatic N) is 1. The van der Waals surface area contributed by atoms with E-state index in [9.17, 15) is 0 Å². The summed E-state index contributed by atoms with van der Waals surface area (Å²) >= 11 is 0. The molecule has 0 rings (SSSR count). The van der Waals surface area contributed by atoms with Crippen LogP contribution < -0.4 is 0 Å². The van der Waals surface area contributed by atoms with Crippen molar-refractivity contribution in [1.29, 1.82) is 0 Å². The minimum absolute atomic E-state index is 1.18. The van der Waals surface area contributed by atoms with Gasteiger partial charge in [-0.05, 0) is 31.8 Å². The fourth-order valence-corrected chi connectivity index (χ4v) is 3.80. The molecule has 0 spiro atoms. The maximum atomic E-state index is 4.05. The van der Waals surface area contributed by atoms with Gasteiger partial charge in [0.05, 0.1) is 26.2 Å². The van der Waals surface area contributed by atoms with Gasteiger partial charge in [-0.2, -0.15) is 0 Å². The van der Waals surface area contributed by atoms with Crippen LogP contribution in [0.4, 0.5) is 0 Å². The van der Waals surface area contributed by atoms with E-state index >= 15 is 0 Å². The van der Waals surface area contributed by atoms with E-state index in [0.29, 0.717) is 0 Å². The van der Waals surface area contributed by atoms with Crippen LogP contribution in [0.15, 0.2) is 12.7 Å². The second kappa shape index (κ2) is 17.5. The lowest BCUT2D eigenvalue weighted by atomic mass is 10.1. The maximum Gasteiger partial charge on any atom is 0.0971 e. The van der Waals surface area contributed by atoms with Crippen LogP contribution in [0.3, 0.4) is 0 Å². The molecule has 1 nitrogen and oxygen atoms in total. The predicted octanol–water partition coefficient (Wildman–Crippen LogP) is 7.51. The highest BCUT2D eigenvalue weighted by Crippen LogP contribution is 2.17. The van der Waals surface area contributed by atoms with Crippen LogP contribution in [0.5, 0.6) is 0 Å². The number of hydrogen-bond donors (Lipinski definition) is 0. The average molecular weight is 339 g/mol. The van der Waals surface area contributed by atoms with Crippen molar-refractivity contribution < 1.29 is 4.48 Å². The van der Waals surface area contributed by atoms with Crippen molar-refractivity contribution in [2.75, 3.05) is 26.2 Å². The molecule has 0 unspecified atom stereocenters. The Labute approximate surface area is 154 Å². The Hall–Kier alpha value is -0.300. The minimum Gasteiger partial charge on any atom is -0.320 e. The normalized spacial score (nSPS) is 11.8. The first-order chi connectivity index (χ1) is 11.7. The second-order valence-electron chi connectivity index (χ2n) is 7.87. The summed E-state index contributed by atoms with van der Waals surface area (Å²) in [6.45, 7) is 16.3. The van der Waals surface area contributed by atoms with Crippen molar-refractivity contribution in [3.63, 3.8) is 0 Å². The fourth-order valence-electron chi connectivity index (χ4n) is 3.80. The van der Waals surface area contributed by atoms with Gasteiger partial charge in [0.25, 0.3) is 0 Å². The van der Waals surface area contributed by atoms with Gasteiger partial charge in [0.1, 0.15) is 0 Å². The number of rotatable bonds is 19. The molecule has 0 saturated heterocycles. The SMILES string of the molecule is C=CC[N+](CCCC)(CCCC)CCCCCCCCCCCC. The molecular weight excluding hydrogens is 290 g/mol. The Morgan fingerprint density at radius 1 is 0.542 bits per heavy atom. The zero-order valence-corrected chi connectivity index (χ0v) is 17.5. The van der Waals surface area contributed by atoms with Crippen molar-refractivity contribution >= 4 is 0 Å². The Morgan fingerprint density at radius 3 is 1.33 bits per heavy atom. The molecule has 144 valence electrons. The van der Waals surface area contributed by atoms with Crippen molar-refractivity contribution in [2.24, 2.45) is 0 Å². The van der Waals surface area contributed by atoms with Crippen LogP contribution in [-0.2, 0) is 0 Å². The second-order valence-corrected chi connectivity index (χ2v) is 7.87. The highest BCUT2D eigenvalue weighted by molar-refractivity contribution is 4.67. The number of unbranched alkanes of at least 4 members (excludes halogenated alkanes) is 11. The minimum atomic E-state index is 1.18. The fraction of sp³-hybridized carbons (Fsp3) is 0.913. The molecule has 1 heteroatoms. The standard InChI is InChI=1S/C23H48N/c1-5-9-12-13-14-15-16-17-18-19-23-24(20-8-4,21-10-6-2)22-11-7-3/h8H,4-7,9-23H2,1-3H3/q+1. The maximum absolute atomic E-state index is 4.05. The van der Waals surface area contributed by atoms with Crippen molar-refractivity contribution in [3.8, 4) is 0 Å². The highest BCUT2D eigenvalue weighted by Gasteiger charge is 2.24. The van der Waals surface area contributed by atoms with Gasteiger partial charge in [-0.1, -0.05) is 91.6 Å². The first-order valence-electron chi connectivity index (χ1n) is 11.2. The van der Waals surface area contributed by atoms with Gasteiger partial charge in [0.15, 0.2) is 0 Å². The number of quaternary nitrogens is 1. The molecule has 0 atom stereocenters. The summed E-state index contributed by atoms with van der Waals surface area (Å²) in [5.74, 6) is 0. The van der Waals surface area contributed by atoms with E-state index in [1.165, 1.54) is 121 Å². The van der Waals surface area contributed by atoms with Crippen LogP contribution in [0.2, 0.25) is 0 Å². The molecule has 0 aliphatic carbocycles. The number of hydrogen-bond acceptors (Lipinski definition) is 0. The molecule has 0 aromatic carbocycles. The Balaban J connectivity index is 3.92. The van der Waals surface area contributed by atoms with Crippen molar-refractivity contribution in [2.45, 2.75) is 111 Å². The summed E-state index contributed by atoms with van der Waals surface area (Å²) in [7, 11) is 0. The molecule has 0 fully saturated rings. The van der Waals surface area contributed by atoms with Crippen LogP contribution in [0.25, 0.3) is 0 Å². The predicted molar refractivity (Wildman–Crippen MR) is 112 cm³/mol. The van der Waals surface area contributed by atoms with Gasteiger partial charge in [0.2, 0.25) is 0 Å². The van der Waals surface area contributed by atoms with Crippen molar-refractivity contribution in [1.82, 2.24) is 0 Å². The lowest BCUT2D eigenvalue weighted by Crippen LogP contribution is -2.50. The largest absolute Gasteiger partial charge is 0.320 e. The molecule has 0 aliphatic heterocycles. The van der Waals surface area contributed by atoms with Crippen LogP contribution in [0.1, 0.15) is 111 Å². The van der Waals surface area contributed by atoms with E-state index in [0.717, 1.165) is 0 Å². The molecule has 0 aliphatic rings. The van der Waals surface area contributed by atoms with E-state index in [1.807, 2.05) is 0 Å². The van der Waals surface area contributed by atoms with Gasteiger partial charge in [-0.15, -0.1) is 0 Å². The van der Waals surface area contributed by atoms with Gasteiger partial charge >= 0.3 is 0 Å². The monoisotopic (exact) mass is 338 g/mol. The molecule has 0 amide bonds.